The largest absolute Gasteiger partial charge is 0.352 e. The summed E-state index contributed by atoms with van der Waals surface area (Å²) in [6.45, 7) is 2.24. The second-order valence-electron chi connectivity index (χ2n) is 5.85. The van der Waals surface area contributed by atoms with Crippen molar-refractivity contribution in [3.63, 3.8) is 0 Å². The monoisotopic (exact) mass is 291 g/mol. The summed E-state index contributed by atoms with van der Waals surface area (Å²) in [6.07, 6.45) is 6.72. The molecule has 1 aliphatic carbocycles. The minimum Gasteiger partial charge on any atom is -0.352 e. The second kappa shape index (κ2) is 7.72. The average Bonchev–Trinajstić information content (AvgIpc) is 2.48. The Morgan fingerprint density at radius 2 is 2.10 bits per heavy atom. The van der Waals surface area contributed by atoms with E-state index in [9.17, 15) is 4.79 Å². The first-order chi connectivity index (χ1) is 9.69. The molecule has 0 spiro atoms. The quantitative estimate of drug-likeness (QED) is 0.797. The van der Waals surface area contributed by atoms with E-state index >= 15 is 0 Å². The van der Waals surface area contributed by atoms with Crippen LogP contribution in [0.3, 0.4) is 0 Å². The molecular weight excluding hydrogens is 266 g/mol. The van der Waals surface area contributed by atoms with Crippen LogP contribution >= 0.6 is 12.6 Å². The van der Waals surface area contributed by atoms with Crippen LogP contribution < -0.4 is 5.32 Å². The molecule has 0 aromatic heterocycles. The van der Waals surface area contributed by atoms with Crippen molar-refractivity contribution in [1.82, 2.24) is 5.32 Å². The highest BCUT2D eigenvalue weighted by atomic mass is 32.1. The van der Waals surface area contributed by atoms with Gasteiger partial charge in [-0.2, -0.15) is 12.6 Å². The normalized spacial score (nSPS) is 24.1. The summed E-state index contributed by atoms with van der Waals surface area (Å²) < 4.78 is 0. The molecular formula is C17H25NOS. The molecule has 1 fully saturated rings. The van der Waals surface area contributed by atoms with Crippen LogP contribution in [0.2, 0.25) is 0 Å². The molecule has 0 bridgehead atoms. The minimum atomic E-state index is -0.251. The molecule has 0 heterocycles. The molecule has 2 nitrogen and oxygen atoms in total. The summed E-state index contributed by atoms with van der Waals surface area (Å²) in [7, 11) is 0. The van der Waals surface area contributed by atoms with E-state index in [2.05, 4.69) is 24.9 Å². The number of benzene rings is 1. The molecule has 3 atom stereocenters. The number of hydrogen-bond acceptors (Lipinski definition) is 2. The van der Waals surface area contributed by atoms with Crippen molar-refractivity contribution < 1.29 is 4.79 Å². The summed E-state index contributed by atoms with van der Waals surface area (Å²) in [5.41, 5.74) is 1.16. The van der Waals surface area contributed by atoms with Gasteiger partial charge >= 0.3 is 0 Å². The summed E-state index contributed by atoms with van der Waals surface area (Å²) >= 11 is 4.47. The van der Waals surface area contributed by atoms with Crippen LogP contribution in [0.4, 0.5) is 0 Å². The fraction of sp³-hybridized carbons (Fsp3) is 0.588. The van der Waals surface area contributed by atoms with Crippen LogP contribution in [0, 0.1) is 5.92 Å². The molecule has 1 aromatic rings. The number of nitrogens with one attached hydrogen (secondary N) is 1. The standard InChI is InChI=1S/C17H25NOS/c1-2-13-9-6-10-15(11-13)18-17(19)16(20)12-14-7-4-3-5-8-14/h3-5,7-8,13,15-16,20H,2,6,9-12H2,1H3,(H,18,19). The van der Waals surface area contributed by atoms with Gasteiger partial charge in [0.05, 0.1) is 5.25 Å². The Kier molecular flexibility index (Phi) is 5.96. The Bertz CT molecular complexity index is 420. The molecule has 2 rings (SSSR count). The number of carbonyl (C=O) groups is 1. The predicted octanol–water partition coefficient (Wildman–Crippen LogP) is 3.61. The zero-order chi connectivity index (χ0) is 14.4. The number of amides is 1. The van der Waals surface area contributed by atoms with E-state index in [1.54, 1.807) is 0 Å². The Labute approximate surface area is 127 Å². The number of thiol groups is 1. The third-order valence-electron chi connectivity index (χ3n) is 4.28. The Morgan fingerprint density at radius 1 is 1.35 bits per heavy atom. The van der Waals surface area contributed by atoms with Crippen molar-refractivity contribution in [2.24, 2.45) is 5.92 Å². The molecule has 1 aliphatic rings. The van der Waals surface area contributed by atoms with Crippen molar-refractivity contribution in [2.45, 2.75) is 56.7 Å². The van der Waals surface area contributed by atoms with Crippen LogP contribution in [0.1, 0.15) is 44.6 Å². The van der Waals surface area contributed by atoms with Gasteiger partial charge in [0.1, 0.15) is 0 Å². The van der Waals surface area contributed by atoms with Gasteiger partial charge in [-0.3, -0.25) is 4.79 Å². The first-order valence-corrected chi connectivity index (χ1v) is 8.23. The van der Waals surface area contributed by atoms with Crippen LogP contribution in [-0.2, 0) is 11.2 Å². The Balaban J connectivity index is 1.81. The molecule has 1 amide bonds. The second-order valence-corrected chi connectivity index (χ2v) is 6.48. The Hall–Kier alpha value is -0.960. The summed E-state index contributed by atoms with van der Waals surface area (Å²) in [4.78, 5) is 12.2. The third kappa shape index (κ3) is 4.55. The van der Waals surface area contributed by atoms with E-state index in [1.165, 1.54) is 19.3 Å². The van der Waals surface area contributed by atoms with E-state index in [4.69, 9.17) is 0 Å². The first kappa shape index (κ1) is 15.4. The molecule has 20 heavy (non-hydrogen) atoms. The van der Waals surface area contributed by atoms with E-state index in [0.29, 0.717) is 12.5 Å². The SMILES string of the molecule is CCC1CCCC(NC(=O)C(S)Cc2ccccc2)C1. The van der Waals surface area contributed by atoms with Crippen molar-refractivity contribution >= 4 is 18.5 Å². The molecule has 1 aromatic carbocycles. The fourth-order valence-electron chi connectivity index (χ4n) is 3.02. The molecule has 3 unspecified atom stereocenters. The molecule has 1 saturated carbocycles. The minimum absolute atomic E-state index is 0.0824. The summed E-state index contributed by atoms with van der Waals surface area (Å²) in [6, 6.07) is 10.4. The predicted molar refractivity (Wildman–Crippen MR) is 87.1 cm³/mol. The van der Waals surface area contributed by atoms with Gasteiger partial charge in [0.25, 0.3) is 0 Å². The first-order valence-electron chi connectivity index (χ1n) is 7.71. The fourth-order valence-corrected chi connectivity index (χ4v) is 3.31. The zero-order valence-corrected chi connectivity index (χ0v) is 13.1. The van der Waals surface area contributed by atoms with Gasteiger partial charge in [0.2, 0.25) is 5.91 Å². The molecule has 0 aliphatic heterocycles. The summed E-state index contributed by atoms with van der Waals surface area (Å²) in [5.74, 6) is 0.862. The summed E-state index contributed by atoms with van der Waals surface area (Å²) in [5, 5.41) is 2.94. The van der Waals surface area contributed by atoms with Gasteiger partial charge in [-0.25, -0.2) is 0 Å². The lowest BCUT2D eigenvalue weighted by molar-refractivity contribution is -0.121. The number of hydrogen-bond donors (Lipinski definition) is 2. The number of rotatable bonds is 5. The van der Waals surface area contributed by atoms with Crippen LogP contribution in [0.25, 0.3) is 0 Å². The highest BCUT2D eigenvalue weighted by Gasteiger charge is 2.24. The van der Waals surface area contributed by atoms with E-state index in [1.807, 2.05) is 30.3 Å². The van der Waals surface area contributed by atoms with Crippen molar-refractivity contribution in [3.05, 3.63) is 35.9 Å². The lowest BCUT2D eigenvalue weighted by Crippen LogP contribution is -2.42. The van der Waals surface area contributed by atoms with Crippen LogP contribution in [0.5, 0.6) is 0 Å². The molecule has 110 valence electrons. The maximum absolute atomic E-state index is 12.2. The van der Waals surface area contributed by atoms with Gasteiger partial charge in [0, 0.05) is 6.04 Å². The van der Waals surface area contributed by atoms with Crippen LogP contribution in [-0.4, -0.2) is 17.2 Å². The van der Waals surface area contributed by atoms with Crippen LogP contribution in [0.15, 0.2) is 30.3 Å². The van der Waals surface area contributed by atoms with Crippen molar-refractivity contribution in [2.75, 3.05) is 0 Å². The zero-order valence-electron chi connectivity index (χ0n) is 12.2. The molecule has 1 N–H and O–H groups in total. The number of carbonyl (C=O) groups excluding carboxylic acids is 1. The van der Waals surface area contributed by atoms with Crippen molar-refractivity contribution in [3.8, 4) is 0 Å². The van der Waals surface area contributed by atoms with E-state index < -0.39 is 0 Å². The smallest absolute Gasteiger partial charge is 0.233 e. The van der Waals surface area contributed by atoms with Gasteiger partial charge in [0.15, 0.2) is 0 Å². The lowest BCUT2D eigenvalue weighted by Gasteiger charge is -2.29. The van der Waals surface area contributed by atoms with Gasteiger partial charge in [-0.15, -0.1) is 0 Å². The van der Waals surface area contributed by atoms with E-state index in [0.717, 1.165) is 24.3 Å². The highest BCUT2D eigenvalue weighted by molar-refractivity contribution is 7.81. The highest BCUT2D eigenvalue weighted by Crippen LogP contribution is 2.26. The molecule has 3 heteroatoms. The molecule has 0 radical (unpaired) electrons. The topological polar surface area (TPSA) is 29.1 Å². The molecule has 0 saturated heterocycles. The maximum atomic E-state index is 12.2. The average molecular weight is 291 g/mol. The maximum Gasteiger partial charge on any atom is 0.233 e. The van der Waals surface area contributed by atoms with Gasteiger partial charge in [-0.1, -0.05) is 56.5 Å². The van der Waals surface area contributed by atoms with Gasteiger partial charge in [-0.05, 0) is 30.7 Å². The third-order valence-corrected chi connectivity index (χ3v) is 4.70. The Morgan fingerprint density at radius 3 is 2.80 bits per heavy atom. The van der Waals surface area contributed by atoms with Crippen molar-refractivity contribution in [1.29, 1.82) is 0 Å². The lowest BCUT2D eigenvalue weighted by atomic mass is 9.84. The van der Waals surface area contributed by atoms with Gasteiger partial charge < -0.3 is 5.32 Å². The van der Waals surface area contributed by atoms with E-state index in [-0.39, 0.29) is 11.2 Å².